The van der Waals surface area contributed by atoms with E-state index in [1.165, 1.54) is 48.1 Å². The average molecular weight is 295 g/mol. The van der Waals surface area contributed by atoms with Crippen molar-refractivity contribution in [3.05, 3.63) is 28.2 Å². The summed E-state index contributed by atoms with van der Waals surface area (Å²) in [5.41, 5.74) is 2.55. The first-order chi connectivity index (χ1) is 8.24. The van der Waals surface area contributed by atoms with Gasteiger partial charge in [0.2, 0.25) is 0 Å². The number of halogens is 1. The minimum Gasteiger partial charge on any atom is -0.381 e. The van der Waals surface area contributed by atoms with Crippen molar-refractivity contribution in [1.29, 1.82) is 0 Å². The van der Waals surface area contributed by atoms with Gasteiger partial charge >= 0.3 is 0 Å². The number of hydrogen-bond acceptors (Lipinski definition) is 2. The Hall–Kier alpha value is -0.540. The van der Waals surface area contributed by atoms with Gasteiger partial charge in [-0.2, -0.15) is 0 Å². The van der Waals surface area contributed by atoms with Crippen LogP contribution in [0.5, 0.6) is 0 Å². The topological polar surface area (TPSA) is 15.3 Å². The molecule has 2 aliphatic rings. The third-order valence-electron chi connectivity index (χ3n) is 4.13. The molecule has 1 N–H and O–H groups in total. The Balaban J connectivity index is 1.72. The second-order valence-corrected chi connectivity index (χ2v) is 6.10. The lowest BCUT2D eigenvalue weighted by atomic mass is 10.1. The number of benzene rings is 1. The second-order valence-electron chi connectivity index (χ2n) is 5.25. The van der Waals surface area contributed by atoms with Crippen LogP contribution in [-0.2, 0) is 0 Å². The van der Waals surface area contributed by atoms with Gasteiger partial charge in [0.05, 0.1) is 0 Å². The van der Waals surface area contributed by atoms with Crippen LogP contribution in [-0.4, -0.2) is 30.1 Å². The second kappa shape index (κ2) is 4.62. The first-order valence-electron chi connectivity index (χ1n) is 6.51. The number of fused-ring (bicyclic) bond motifs is 1. The minimum absolute atomic E-state index is 0.645. The summed E-state index contributed by atoms with van der Waals surface area (Å²) >= 11 is 3.60. The predicted octanol–water partition coefficient (Wildman–Crippen LogP) is 3.41. The van der Waals surface area contributed by atoms with E-state index >= 15 is 0 Å². The number of aryl methyl sites for hydroxylation is 1. The molecule has 3 rings (SSSR count). The van der Waals surface area contributed by atoms with Gasteiger partial charge in [-0.1, -0.05) is 22.0 Å². The number of rotatable bonds is 2. The maximum Gasteiger partial charge on any atom is 0.0429 e. The molecule has 17 heavy (non-hydrogen) atoms. The summed E-state index contributed by atoms with van der Waals surface area (Å²) in [6.07, 6.45) is 4.03. The van der Waals surface area contributed by atoms with E-state index in [2.05, 4.69) is 51.3 Å². The molecule has 0 aliphatic carbocycles. The highest BCUT2D eigenvalue weighted by Crippen LogP contribution is 2.31. The van der Waals surface area contributed by atoms with Gasteiger partial charge < -0.3 is 5.32 Å². The standard InChI is InChI=1S/C14H19BrN2/c1-10-4-5-11(9-12(10)15)16-13-6-8-17-7-2-3-14(13)17/h4-5,9,13-14,16H,2-3,6-8H2,1H3. The molecule has 2 atom stereocenters. The van der Waals surface area contributed by atoms with Gasteiger partial charge in [-0.15, -0.1) is 0 Å². The lowest BCUT2D eigenvalue weighted by Gasteiger charge is -2.22. The number of hydrogen-bond donors (Lipinski definition) is 1. The lowest BCUT2D eigenvalue weighted by Crippen LogP contribution is -2.33. The molecule has 2 nitrogen and oxygen atoms in total. The molecule has 3 heteroatoms. The highest BCUT2D eigenvalue weighted by atomic mass is 79.9. The molecule has 0 amide bonds. The van der Waals surface area contributed by atoms with E-state index in [0.29, 0.717) is 6.04 Å². The van der Waals surface area contributed by atoms with Crippen LogP contribution in [0.4, 0.5) is 5.69 Å². The molecular formula is C14H19BrN2. The Morgan fingerprint density at radius 1 is 1.29 bits per heavy atom. The molecule has 2 fully saturated rings. The van der Waals surface area contributed by atoms with Crippen LogP contribution in [0.2, 0.25) is 0 Å². The average Bonchev–Trinajstić information content (AvgIpc) is 2.88. The van der Waals surface area contributed by atoms with E-state index in [9.17, 15) is 0 Å². The molecule has 1 aromatic rings. The fourth-order valence-corrected chi connectivity index (χ4v) is 3.53. The Kier molecular flexibility index (Phi) is 3.14. The maximum atomic E-state index is 3.71. The van der Waals surface area contributed by atoms with Crippen LogP contribution < -0.4 is 5.32 Å². The molecule has 92 valence electrons. The zero-order valence-electron chi connectivity index (χ0n) is 10.2. The maximum absolute atomic E-state index is 3.71. The Labute approximate surface area is 112 Å². The van der Waals surface area contributed by atoms with Crippen molar-refractivity contribution >= 4 is 21.6 Å². The van der Waals surface area contributed by atoms with Gasteiger partial charge in [0.1, 0.15) is 0 Å². The molecule has 0 bridgehead atoms. The molecule has 2 saturated heterocycles. The Morgan fingerprint density at radius 2 is 2.18 bits per heavy atom. The Morgan fingerprint density at radius 3 is 3.00 bits per heavy atom. The van der Waals surface area contributed by atoms with Gasteiger partial charge in [0, 0.05) is 28.8 Å². The van der Waals surface area contributed by atoms with E-state index in [1.807, 2.05) is 0 Å². The van der Waals surface area contributed by atoms with E-state index in [0.717, 1.165) is 6.04 Å². The molecule has 1 aromatic carbocycles. The first-order valence-corrected chi connectivity index (χ1v) is 7.30. The van der Waals surface area contributed by atoms with Gasteiger partial charge in [-0.05, 0) is 50.4 Å². The summed E-state index contributed by atoms with van der Waals surface area (Å²) in [7, 11) is 0. The molecule has 2 aliphatic heterocycles. The van der Waals surface area contributed by atoms with Crippen LogP contribution >= 0.6 is 15.9 Å². The third kappa shape index (κ3) is 2.23. The van der Waals surface area contributed by atoms with E-state index in [4.69, 9.17) is 0 Å². The van der Waals surface area contributed by atoms with Crippen LogP contribution in [0, 0.1) is 6.92 Å². The van der Waals surface area contributed by atoms with E-state index in [-0.39, 0.29) is 0 Å². The van der Waals surface area contributed by atoms with Crippen LogP contribution in [0.25, 0.3) is 0 Å². The molecule has 2 unspecified atom stereocenters. The summed E-state index contributed by atoms with van der Waals surface area (Å²) < 4.78 is 1.20. The molecule has 0 saturated carbocycles. The number of anilines is 1. The third-order valence-corrected chi connectivity index (χ3v) is 4.98. The zero-order valence-corrected chi connectivity index (χ0v) is 11.8. The normalized spacial score (nSPS) is 28.4. The number of nitrogens with zero attached hydrogens (tertiary/aromatic N) is 1. The van der Waals surface area contributed by atoms with E-state index < -0.39 is 0 Å². The van der Waals surface area contributed by atoms with Gasteiger partial charge in [-0.3, -0.25) is 4.90 Å². The van der Waals surface area contributed by atoms with Gasteiger partial charge in [0.25, 0.3) is 0 Å². The smallest absolute Gasteiger partial charge is 0.0429 e. The number of nitrogens with one attached hydrogen (secondary N) is 1. The predicted molar refractivity (Wildman–Crippen MR) is 75.5 cm³/mol. The van der Waals surface area contributed by atoms with Crippen molar-refractivity contribution in [1.82, 2.24) is 4.90 Å². The lowest BCUT2D eigenvalue weighted by molar-refractivity contribution is 0.318. The summed E-state index contributed by atoms with van der Waals surface area (Å²) in [5, 5.41) is 3.71. The minimum atomic E-state index is 0.645. The van der Waals surface area contributed by atoms with Crippen LogP contribution in [0.1, 0.15) is 24.8 Å². The quantitative estimate of drug-likeness (QED) is 0.899. The monoisotopic (exact) mass is 294 g/mol. The van der Waals surface area contributed by atoms with Crippen LogP contribution in [0.15, 0.2) is 22.7 Å². The van der Waals surface area contributed by atoms with Crippen molar-refractivity contribution in [2.75, 3.05) is 18.4 Å². The molecule has 0 spiro atoms. The highest BCUT2D eigenvalue weighted by molar-refractivity contribution is 9.10. The van der Waals surface area contributed by atoms with Crippen molar-refractivity contribution < 1.29 is 0 Å². The summed E-state index contributed by atoms with van der Waals surface area (Å²) in [6.45, 7) is 4.71. The molecular weight excluding hydrogens is 276 g/mol. The van der Waals surface area contributed by atoms with Crippen molar-refractivity contribution in [3.63, 3.8) is 0 Å². The van der Waals surface area contributed by atoms with Gasteiger partial charge in [-0.25, -0.2) is 0 Å². The first kappa shape index (κ1) is 11.5. The summed E-state index contributed by atoms with van der Waals surface area (Å²) in [6, 6.07) is 7.99. The fourth-order valence-electron chi connectivity index (χ4n) is 3.15. The summed E-state index contributed by atoms with van der Waals surface area (Å²) in [4.78, 5) is 2.64. The van der Waals surface area contributed by atoms with Crippen molar-refractivity contribution in [3.8, 4) is 0 Å². The SMILES string of the molecule is Cc1ccc(NC2CCN3CCCC23)cc1Br. The largest absolute Gasteiger partial charge is 0.381 e. The Bertz CT molecular complexity index is 419. The summed E-state index contributed by atoms with van der Waals surface area (Å²) in [5.74, 6) is 0. The molecule has 0 radical (unpaired) electrons. The molecule has 2 heterocycles. The van der Waals surface area contributed by atoms with E-state index in [1.54, 1.807) is 0 Å². The zero-order chi connectivity index (χ0) is 11.8. The highest BCUT2D eigenvalue weighted by Gasteiger charge is 2.36. The van der Waals surface area contributed by atoms with Gasteiger partial charge in [0.15, 0.2) is 0 Å². The molecule has 0 aromatic heterocycles. The fraction of sp³-hybridized carbons (Fsp3) is 0.571. The van der Waals surface area contributed by atoms with Crippen molar-refractivity contribution in [2.45, 2.75) is 38.3 Å². The van der Waals surface area contributed by atoms with Crippen molar-refractivity contribution in [2.24, 2.45) is 0 Å². The van der Waals surface area contributed by atoms with Crippen LogP contribution in [0.3, 0.4) is 0 Å².